The minimum absolute atomic E-state index is 0.112. The quantitative estimate of drug-likeness (QED) is 0.923. The van der Waals surface area contributed by atoms with Crippen molar-refractivity contribution in [2.24, 2.45) is 0 Å². The second-order valence-electron chi connectivity index (χ2n) is 5.62. The molecular weight excluding hydrogens is 276 g/mol. The van der Waals surface area contributed by atoms with Gasteiger partial charge in [0, 0.05) is 17.0 Å². The monoisotopic (exact) mass is 292 g/mol. The van der Waals surface area contributed by atoms with E-state index in [-0.39, 0.29) is 11.0 Å². The van der Waals surface area contributed by atoms with Gasteiger partial charge in [0.15, 0.2) is 5.13 Å². The summed E-state index contributed by atoms with van der Waals surface area (Å²) >= 11 is 1.33. The Bertz CT molecular complexity index is 723. The number of thiazole rings is 1. The lowest BCUT2D eigenvalue weighted by atomic mass is 9.93. The first-order chi connectivity index (χ1) is 9.21. The molecule has 0 unspecified atom stereocenters. The number of hydrogen-bond donors (Lipinski definition) is 1. The van der Waals surface area contributed by atoms with E-state index in [1.54, 1.807) is 19.2 Å². The molecule has 0 saturated heterocycles. The lowest BCUT2D eigenvalue weighted by Gasteiger charge is -2.14. The predicted molar refractivity (Wildman–Crippen MR) is 78.1 cm³/mol. The van der Waals surface area contributed by atoms with Crippen LogP contribution in [0.1, 0.15) is 42.4 Å². The summed E-state index contributed by atoms with van der Waals surface area (Å²) in [6.07, 6.45) is 1.56. The molecule has 2 aromatic heterocycles. The lowest BCUT2D eigenvalue weighted by molar-refractivity contribution is 0.0694. The summed E-state index contributed by atoms with van der Waals surface area (Å²) in [5.41, 5.74) is 0.458. The SMILES string of the molecule is Cc1ccn(-c2nc(C(C)(C)C)cs2)c(=O)c1C(=O)O. The number of aryl methyl sites for hydroxylation is 1. The third kappa shape index (κ3) is 2.51. The van der Waals surface area contributed by atoms with E-state index in [0.29, 0.717) is 10.7 Å². The van der Waals surface area contributed by atoms with Crippen molar-refractivity contribution in [3.05, 3.63) is 44.8 Å². The highest BCUT2D eigenvalue weighted by atomic mass is 32.1. The molecule has 0 radical (unpaired) electrons. The standard InChI is InChI=1S/C14H16N2O3S/c1-8-5-6-16(11(17)10(8)12(18)19)13-15-9(7-20-13)14(2,3)4/h5-7H,1-4H3,(H,18,19). The number of nitrogens with zero attached hydrogens (tertiary/aromatic N) is 2. The predicted octanol–water partition coefficient (Wildman–Crippen LogP) is 2.60. The van der Waals surface area contributed by atoms with Crippen molar-refractivity contribution in [2.75, 3.05) is 0 Å². The Hall–Kier alpha value is -1.95. The lowest BCUT2D eigenvalue weighted by Crippen LogP contribution is -2.26. The van der Waals surface area contributed by atoms with Crippen LogP contribution in [0.5, 0.6) is 0 Å². The molecule has 0 atom stereocenters. The summed E-state index contributed by atoms with van der Waals surface area (Å²) in [6.45, 7) is 7.71. The molecule has 0 aromatic carbocycles. The first-order valence-corrected chi connectivity index (χ1v) is 7.01. The van der Waals surface area contributed by atoms with Crippen LogP contribution in [0.15, 0.2) is 22.4 Å². The summed E-state index contributed by atoms with van der Waals surface area (Å²) in [7, 11) is 0. The Morgan fingerprint density at radius 2 is 2.05 bits per heavy atom. The van der Waals surface area contributed by atoms with E-state index in [1.165, 1.54) is 15.9 Å². The highest BCUT2D eigenvalue weighted by Gasteiger charge is 2.20. The van der Waals surface area contributed by atoms with Crippen molar-refractivity contribution < 1.29 is 9.90 Å². The molecule has 2 aromatic rings. The van der Waals surface area contributed by atoms with Crippen LogP contribution in [0.4, 0.5) is 0 Å². The van der Waals surface area contributed by atoms with Gasteiger partial charge in [0.2, 0.25) is 0 Å². The van der Waals surface area contributed by atoms with E-state index in [2.05, 4.69) is 4.98 Å². The van der Waals surface area contributed by atoms with Gasteiger partial charge in [-0.15, -0.1) is 11.3 Å². The minimum Gasteiger partial charge on any atom is -0.477 e. The van der Waals surface area contributed by atoms with Crippen molar-refractivity contribution >= 4 is 17.3 Å². The topological polar surface area (TPSA) is 72.2 Å². The molecular formula is C14H16N2O3S. The molecule has 0 aliphatic rings. The second kappa shape index (κ2) is 4.86. The van der Waals surface area contributed by atoms with Crippen LogP contribution >= 0.6 is 11.3 Å². The largest absolute Gasteiger partial charge is 0.477 e. The van der Waals surface area contributed by atoms with Crippen molar-refractivity contribution in [1.82, 2.24) is 9.55 Å². The highest BCUT2D eigenvalue weighted by molar-refractivity contribution is 7.12. The third-order valence-electron chi connectivity index (χ3n) is 2.98. The van der Waals surface area contributed by atoms with E-state index in [0.717, 1.165) is 5.69 Å². The van der Waals surface area contributed by atoms with Gasteiger partial charge in [-0.25, -0.2) is 9.78 Å². The number of aromatic nitrogens is 2. The Kier molecular flexibility index (Phi) is 3.52. The zero-order chi connectivity index (χ0) is 15.1. The maximum Gasteiger partial charge on any atom is 0.341 e. The van der Waals surface area contributed by atoms with Crippen molar-refractivity contribution in [1.29, 1.82) is 0 Å². The second-order valence-corrected chi connectivity index (χ2v) is 6.46. The summed E-state index contributed by atoms with van der Waals surface area (Å²) < 4.78 is 1.29. The van der Waals surface area contributed by atoms with Crippen LogP contribution in [0, 0.1) is 6.92 Å². The van der Waals surface area contributed by atoms with E-state index in [1.807, 2.05) is 26.2 Å². The van der Waals surface area contributed by atoms with Gasteiger partial charge >= 0.3 is 5.97 Å². The van der Waals surface area contributed by atoms with Gasteiger partial charge in [-0.1, -0.05) is 20.8 Å². The maximum atomic E-state index is 12.2. The molecule has 0 fully saturated rings. The number of hydrogen-bond acceptors (Lipinski definition) is 4. The van der Waals surface area contributed by atoms with Gasteiger partial charge in [0.05, 0.1) is 5.69 Å². The molecule has 0 bridgehead atoms. The molecule has 0 aliphatic carbocycles. The first-order valence-electron chi connectivity index (χ1n) is 6.13. The van der Waals surface area contributed by atoms with Crippen LogP contribution in [0.3, 0.4) is 0 Å². The summed E-state index contributed by atoms with van der Waals surface area (Å²) in [5.74, 6) is -1.21. The number of carbonyl (C=O) groups is 1. The number of pyridine rings is 1. The molecule has 106 valence electrons. The van der Waals surface area contributed by atoms with Crippen molar-refractivity contribution in [2.45, 2.75) is 33.1 Å². The molecule has 6 heteroatoms. The molecule has 0 amide bonds. The Labute approximate surface area is 120 Å². The zero-order valence-corrected chi connectivity index (χ0v) is 12.6. The molecule has 0 spiro atoms. The molecule has 0 aliphatic heterocycles. The van der Waals surface area contributed by atoms with Crippen LogP contribution < -0.4 is 5.56 Å². The fourth-order valence-electron chi connectivity index (χ4n) is 1.76. The van der Waals surface area contributed by atoms with E-state index in [4.69, 9.17) is 5.11 Å². The van der Waals surface area contributed by atoms with Gasteiger partial charge in [-0.05, 0) is 18.6 Å². The summed E-state index contributed by atoms with van der Waals surface area (Å²) in [5, 5.41) is 11.5. The zero-order valence-electron chi connectivity index (χ0n) is 11.8. The van der Waals surface area contributed by atoms with E-state index in [9.17, 15) is 9.59 Å². The van der Waals surface area contributed by atoms with Gasteiger partial charge < -0.3 is 5.11 Å². The fraction of sp³-hybridized carbons (Fsp3) is 0.357. The van der Waals surface area contributed by atoms with Gasteiger partial charge in [0.1, 0.15) is 5.56 Å². The maximum absolute atomic E-state index is 12.2. The van der Waals surface area contributed by atoms with Gasteiger partial charge in [-0.2, -0.15) is 0 Å². The molecule has 0 saturated carbocycles. The Balaban J connectivity index is 2.60. The average Bonchev–Trinajstić information content (AvgIpc) is 2.77. The van der Waals surface area contributed by atoms with Crippen molar-refractivity contribution in [3.63, 3.8) is 0 Å². The highest BCUT2D eigenvalue weighted by Crippen LogP contribution is 2.25. The minimum atomic E-state index is -1.21. The summed E-state index contributed by atoms with van der Waals surface area (Å²) in [6, 6.07) is 1.61. The van der Waals surface area contributed by atoms with Gasteiger partial charge in [0.25, 0.3) is 5.56 Å². The first kappa shape index (κ1) is 14.5. The van der Waals surface area contributed by atoms with Crippen LogP contribution in [-0.4, -0.2) is 20.6 Å². The molecule has 1 N–H and O–H groups in total. The van der Waals surface area contributed by atoms with Crippen LogP contribution in [0.2, 0.25) is 0 Å². The number of rotatable bonds is 2. The molecule has 5 nitrogen and oxygen atoms in total. The van der Waals surface area contributed by atoms with Gasteiger partial charge in [-0.3, -0.25) is 9.36 Å². The molecule has 2 rings (SSSR count). The van der Waals surface area contributed by atoms with E-state index < -0.39 is 11.5 Å². The summed E-state index contributed by atoms with van der Waals surface area (Å²) in [4.78, 5) is 27.8. The number of aromatic carboxylic acids is 1. The third-order valence-corrected chi connectivity index (χ3v) is 3.82. The van der Waals surface area contributed by atoms with Crippen molar-refractivity contribution in [3.8, 4) is 5.13 Å². The molecule has 20 heavy (non-hydrogen) atoms. The van der Waals surface area contributed by atoms with E-state index >= 15 is 0 Å². The molecule has 2 heterocycles. The normalized spacial score (nSPS) is 11.6. The smallest absolute Gasteiger partial charge is 0.341 e. The fourth-order valence-corrected chi connectivity index (χ4v) is 2.79. The van der Waals surface area contributed by atoms with Crippen LogP contribution in [-0.2, 0) is 5.41 Å². The average molecular weight is 292 g/mol. The Morgan fingerprint density at radius 3 is 2.55 bits per heavy atom. The Morgan fingerprint density at radius 1 is 1.40 bits per heavy atom. The van der Waals surface area contributed by atoms with Crippen LogP contribution in [0.25, 0.3) is 5.13 Å². The number of carboxylic acids is 1. The number of carboxylic acid groups (broad SMARTS) is 1.